The molecule has 1 saturated carbocycles. The van der Waals surface area contributed by atoms with Crippen molar-refractivity contribution in [2.45, 2.75) is 37.8 Å². The molecular weight excluding hydrogens is 436 g/mol. The van der Waals surface area contributed by atoms with Crippen LogP contribution in [-0.2, 0) is 0 Å². The molecule has 178 valence electrons. The Bertz CT molecular complexity index is 1050. The van der Waals surface area contributed by atoms with Crippen LogP contribution in [0.1, 0.15) is 36.2 Å². The van der Waals surface area contributed by atoms with E-state index < -0.39 is 5.91 Å². The van der Waals surface area contributed by atoms with E-state index in [0.717, 1.165) is 38.1 Å². The molecule has 1 aromatic heterocycles. The average Bonchev–Trinajstić information content (AvgIpc) is 2.81. The van der Waals surface area contributed by atoms with Gasteiger partial charge in [0.1, 0.15) is 5.82 Å². The highest BCUT2D eigenvalue weighted by Gasteiger charge is 2.23. The minimum atomic E-state index is -0.727. The number of nitrogens with one attached hydrogen (secondary N) is 6. The van der Waals surface area contributed by atoms with E-state index in [0.29, 0.717) is 22.9 Å². The number of carbonyl (C=O) groups is 1. The van der Waals surface area contributed by atoms with Crippen LogP contribution in [0.5, 0.6) is 0 Å². The lowest BCUT2D eigenvalue weighted by Crippen LogP contribution is -2.42. The normalized spacial score (nSPS) is 17.9. The Balaban J connectivity index is 1.90. The Morgan fingerprint density at radius 2 is 1.65 bits per heavy atom. The van der Waals surface area contributed by atoms with Crippen molar-refractivity contribution >= 4 is 59.5 Å². The first-order valence-corrected chi connectivity index (χ1v) is 10.7. The van der Waals surface area contributed by atoms with E-state index in [4.69, 9.17) is 22.3 Å². The maximum Gasteiger partial charge on any atom is 0.271 e. The first-order valence-electron chi connectivity index (χ1n) is 10.7. The van der Waals surface area contributed by atoms with E-state index in [1.54, 1.807) is 18.2 Å². The van der Waals surface area contributed by atoms with Crippen molar-refractivity contribution < 1.29 is 4.79 Å². The quantitative estimate of drug-likeness (QED) is 0.181. The van der Waals surface area contributed by atoms with Gasteiger partial charge >= 0.3 is 0 Å². The summed E-state index contributed by atoms with van der Waals surface area (Å²) in [5.41, 5.74) is 19.0. The molecule has 13 heteroatoms. The van der Waals surface area contributed by atoms with Crippen LogP contribution in [0.3, 0.4) is 0 Å². The number of aromatic nitrogens is 2. The van der Waals surface area contributed by atoms with Crippen LogP contribution in [0.2, 0.25) is 0 Å². The molecule has 0 radical (unpaired) electrons. The number of hydrogen-bond donors (Lipinski definition) is 8. The van der Waals surface area contributed by atoms with Crippen LogP contribution in [0.15, 0.2) is 34.6 Å². The molecule has 10 N–H and O–H groups in total. The molecule has 0 bridgehead atoms. The van der Waals surface area contributed by atoms with Crippen molar-refractivity contribution in [1.29, 1.82) is 10.8 Å². The molecule has 2 atom stereocenters. The Labute approximate surface area is 196 Å². The van der Waals surface area contributed by atoms with Gasteiger partial charge in [-0.1, -0.05) is 12.8 Å². The van der Waals surface area contributed by atoms with E-state index in [2.05, 4.69) is 41.7 Å². The maximum atomic E-state index is 12.0. The molecule has 1 unspecified atom stereocenters. The van der Waals surface area contributed by atoms with Gasteiger partial charge < -0.3 is 32.9 Å². The molecule has 1 fully saturated rings. The fraction of sp³-hybridized carbons (Fsp3) is 0.286. The predicted molar refractivity (Wildman–Crippen MR) is 136 cm³/mol. The number of hydrogen-bond acceptors (Lipinski definition) is 12. The summed E-state index contributed by atoms with van der Waals surface area (Å²) >= 11 is 0. The van der Waals surface area contributed by atoms with Gasteiger partial charge in [-0.3, -0.25) is 15.6 Å². The van der Waals surface area contributed by atoms with E-state index >= 15 is 0 Å². The summed E-state index contributed by atoms with van der Waals surface area (Å²) in [5.74, 6) is -0.0701. The van der Waals surface area contributed by atoms with Gasteiger partial charge in [0.25, 0.3) is 5.91 Å². The fourth-order valence-electron chi connectivity index (χ4n) is 3.52. The first-order chi connectivity index (χ1) is 16.5. The summed E-state index contributed by atoms with van der Waals surface area (Å²) < 4.78 is 0. The highest BCUT2D eigenvalue weighted by molar-refractivity contribution is 6.14. The number of hydrazone groups is 2. The molecule has 1 aliphatic carbocycles. The van der Waals surface area contributed by atoms with Crippen molar-refractivity contribution in [2.24, 2.45) is 21.7 Å². The van der Waals surface area contributed by atoms with Gasteiger partial charge in [-0.15, -0.1) is 0 Å². The number of carbonyl (C=O) groups excluding carboxylic acids is 1. The topological polar surface area (TPSA) is 215 Å². The Morgan fingerprint density at radius 1 is 1.03 bits per heavy atom. The molecule has 13 nitrogen and oxygen atoms in total. The number of nitrogens with two attached hydrogens (primary N) is 2. The summed E-state index contributed by atoms with van der Waals surface area (Å²) in [7, 11) is 0. The van der Waals surface area contributed by atoms with Gasteiger partial charge in [-0.2, -0.15) is 10.2 Å². The van der Waals surface area contributed by atoms with Gasteiger partial charge in [0.2, 0.25) is 0 Å². The van der Waals surface area contributed by atoms with Gasteiger partial charge in [-0.25, -0.2) is 9.97 Å². The lowest BCUT2D eigenvalue weighted by Gasteiger charge is -2.29. The van der Waals surface area contributed by atoms with Crippen molar-refractivity contribution in [2.75, 3.05) is 21.5 Å². The summed E-state index contributed by atoms with van der Waals surface area (Å²) in [5, 5.41) is 28.3. The molecule has 3 rings (SSSR count). The minimum Gasteiger partial charge on any atom is -0.364 e. The second-order valence-electron chi connectivity index (χ2n) is 7.55. The molecule has 0 spiro atoms. The highest BCUT2D eigenvalue weighted by atomic mass is 16.1. The largest absolute Gasteiger partial charge is 0.364 e. The van der Waals surface area contributed by atoms with Gasteiger partial charge in [0.15, 0.2) is 11.5 Å². The number of benzene rings is 1. The SMILES string of the molecule is N=C/C=N\Nc1cc(N/N=C\C=N)cc(Nc2nc(N[C@@H]3CCCCC3N)cnc2C(N)=O)c1. The van der Waals surface area contributed by atoms with Crippen LogP contribution in [0.25, 0.3) is 0 Å². The number of primary amides is 1. The average molecular weight is 465 g/mol. The molecule has 1 aromatic carbocycles. The third-order valence-corrected chi connectivity index (χ3v) is 5.04. The second kappa shape index (κ2) is 12.0. The molecule has 1 aliphatic rings. The third-order valence-electron chi connectivity index (χ3n) is 5.04. The molecule has 2 aromatic rings. The van der Waals surface area contributed by atoms with Gasteiger partial charge in [-0.05, 0) is 31.0 Å². The standard InChI is InChI=1S/C21H28N12O/c22-5-7-27-32-14-9-13(10-15(11-14)33-28-8-6-23)29-21-19(20(25)34)26-12-18(31-21)30-17-4-2-1-3-16(17)24/h5-12,16-17,22-23,32-33H,1-4,24H2,(H2,25,34)(H2,29,30,31)/b22-5?,23-6?,27-7-,28-8-/t16?,17-/m1/s1. The fourth-order valence-corrected chi connectivity index (χ4v) is 3.52. The van der Waals surface area contributed by atoms with Crippen molar-refractivity contribution in [3.63, 3.8) is 0 Å². The molecule has 34 heavy (non-hydrogen) atoms. The molecule has 1 amide bonds. The number of nitrogens with zero attached hydrogens (tertiary/aromatic N) is 4. The zero-order chi connectivity index (χ0) is 24.3. The Morgan fingerprint density at radius 3 is 2.24 bits per heavy atom. The Kier molecular flexibility index (Phi) is 8.57. The first kappa shape index (κ1) is 24.3. The van der Waals surface area contributed by atoms with Gasteiger partial charge in [0, 0.05) is 30.2 Å². The molecular formula is C21H28N12O. The molecule has 0 aliphatic heterocycles. The highest BCUT2D eigenvalue weighted by Crippen LogP contribution is 2.27. The van der Waals surface area contributed by atoms with Gasteiger partial charge in [0.05, 0.1) is 30.0 Å². The monoisotopic (exact) mass is 464 g/mol. The van der Waals surface area contributed by atoms with Crippen molar-refractivity contribution in [1.82, 2.24) is 9.97 Å². The van der Waals surface area contributed by atoms with E-state index in [1.165, 1.54) is 18.6 Å². The number of anilines is 5. The van der Waals surface area contributed by atoms with Crippen molar-refractivity contribution in [3.05, 3.63) is 30.1 Å². The van der Waals surface area contributed by atoms with Crippen LogP contribution in [0.4, 0.5) is 28.7 Å². The van der Waals surface area contributed by atoms with Crippen molar-refractivity contribution in [3.8, 4) is 0 Å². The van der Waals surface area contributed by atoms with Crippen LogP contribution in [-0.4, -0.2) is 52.8 Å². The Hall–Kier alpha value is -4.39. The summed E-state index contributed by atoms with van der Waals surface area (Å²) in [4.78, 5) is 20.7. The zero-order valence-corrected chi connectivity index (χ0v) is 18.5. The van der Waals surface area contributed by atoms with Crippen LogP contribution >= 0.6 is 0 Å². The van der Waals surface area contributed by atoms with E-state index in [-0.39, 0.29) is 23.6 Å². The number of rotatable bonds is 11. The summed E-state index contributed by atoms with van der Waals surface area (Å²) in [6.07, 6.45) is 10.2. The maximum absolute atomic E-state index is 12.0. The van der Waals surface area contributed by atoms with Crippen LogP contribution in [0, 0.1) is 10.8 Å². The van der Waals surface area contributed by atoms with Crippen LogP contribution < -0.4 is 33.0 Å². The third kappa shape index (κ3) is 6.80. The summed E-state index contributed by atoms with van der Waals surface area (Å²) in [6.45, 7) is 0. The second-order valence-corrected chi connectivity index (χ2v) is 7.55. The van der Waals surface area contributed by atoms with E-state index in [9.17, 15) is 4.79 Å². The lowest BCUT2D eigenvalue weighted by atomic mass is 9.91. The molecule has 0 saturated heterocycles. The smallest absolute Gasteiger partial charge is 0.271 e. The number of amides is 1. The minimum absolute atomic E-state index is 0.0159. The summed E-state index contributed by atoms with van der Waals surface area (Å²) in [6, 6.07) is 5.24. The predicted octanol–water partition coefficient (Wildman–Crippen LogP) is 2.10. The lowest BCUT2D eigenvalue weighted by molar-refractivity contribution is 0.0996. The molecule has 1 heterocycles. The van der Waals surface area contributed by atoms with E-state index in [1.807, 2.05) is 0 Å². The zero-order valence-electron chi connectivity index (χ0n) is 18.5.